The highest BCUT2D eigenvalue weighted by atomic mass is 32.2. The molecule has 0 spiro atoms. The van der Waals surface area contributed by atoms with Gasteiger partial charge in [0, 0.05) is 0 Å². The number of benzene rings is 1. The Morgan fingerprint density at radius 2 is 2.00 bits per heavy atom. The van der Waals surface area contributed by atoms with Gasteiger partial charge in [-0.2, -0.15) is 18.7 Å². The van der Waals surface area contributed by atoms with E-state index < -0.39 is 16.0 Å². The zero-order valence-corrected chi connectivity index (χ0v) is 14.4. The first-order chi connectivity index (χ1) is 12.1. The first kappa shape index (κ1) is 19.0. The van der Waals surface area contributed by atoms with Gasteiger partial charge in [0.25, 0.3) is 16.0 Å². The Balaban J connectivity index is 0.000000431. The Morgan fingerprint density at radius 1 is 1.35 bits per heavy atom. The highest BCUT2D eigenvalue weighted by Crippen LogP contribution is 2.35. The molecule has 1 aromatic carbocycles. The van der Waals surface area contributed by atoms with Crippen molar-refractivity contribution in [1.29, 1.82) is 5.26 Å². The van der Waals surface area contributed by atoms with Crippen LogP contribution in [0.5, 0.6) is 5.75 Å². The van der Waals surface area contributed by atoms with Gasteiger partial charge in [0.1, 0.15) is 18.4 Å². The average Bonchev–Trinajstić information content (AvgIpc) is 2.95. The quantitative estimate of drug-likeness (QED) is 0.358. The van der Waals surface area contributed by atoms with Crippen molar-refractivity contribution in [2.75, 3.05) is 6.26 Å². The van der Waals surface area contributed by atoms with Crippen LogP contribution in [0, 0.1) is 11.3 Å². The summed E-state index contributed by atoms with van der Waals surface area (Å²) in [6.45, 7) is 0.265. The van der Waals surface area contributed by atoms with Crippen LogP contribution in [0.2, 0.25) is 0 Å². The number of nitriles is 1. The van der Waals surface area contributed by atoms with Crippen molar-refractivity contribution in [3.05, 3.63) is 47.3 Å². The van der Waals surface area contributed by atoms with Gasteiger partial charge in [-0.25, -0.2) is 0 Å². The number of para-hydroxylation sites is 1. The molecule has 0 radical (unpaired) electrons. The molecule has 0 aliphatic carbocycles. The number of ether oxygens (including phenoxy) is 1. The number of nitrogens with two attached hydrogens (primary N) is 2. The summed E-state index contributed by atoms with van der Waals surface area (Å²) in [6.07, 6.45) is 0.715. The second-order valence-electron chi connectivity index (χ2n) is 5.17. The molecule has 1 aromatic heterocycles. The van der Waals surface area contributed by atoms with Gasteiger partial charge in [0.15, 0.2) is 11.7 Å². The number of fused-ring (bicyclic) bond motifs is 3. The molecule has 136 valence electrons. The van der Waals surface area contributed by atoms with Crippen LogP contribution in [0.1, 0.15) is 21.7 Å². The molecule has 0 saturated heterocycles. The van der Waals surface area contributed by atoms with Gasteiger partial charge in [0.2, 0.25) is 0 Å². The number of guanidine groups is 1. The average molecular weight is 377 g/mol. The van der Waals surface area contributed by atoms with Crippen LogP contribution in [-0.4, -0.2) is 35.7 Å². The minimum absolute atomic E-state index is 0.254. The highest BCUT2D eigenvalue weighted by molar-refractivity contribution is 7.85. The minimum atomic E-state index is -3.67. The van der Waals surface area contributed by atoms with Crippen molar-refractivity contribution in [1.82, 2.24) is 4.57 Å². The predicted octanol–water partition coefficient (Wildman–Crippen LogP) is 0.159. The number of aromatic nitrogens is 1. The van der Waals surface area contributed by atoms with Gasteiger partial charge >= 0.3 is 0 Å². The maximum absolute atomic E-state index is 12.0. The Hall–Kier alpha value is -3.36. The number of nitrogens with zero attached hydrogens (tertiary/aromatic N) is 3. The molecule has 1 aliphatic heterocycles. The molecule has 2 aromatic rings. The third kappa shape index (κ3) is 4.38. The Morgan fingerprint density at radius 3 is 2.58 bits per heavy atom. The fourth-order valence-electron chi connectivity index (χ4n) is 2.31. The van der Waals surface area contributed by atoms with Crippen LogP contribution in [0.4, 0.5) is 0 Å². The molecular formula is C15H15N5O5S. The second-order valence-corrected chi connectivity index (χ2v) is 6.64. The normalized spacial score (nSPS) is 11.6. The molecular weight excluding hydrogens is 362 g/mol. The standard InChI is InChI=1S/C14H11N5O2.CH4O3S/c15-6-8-4-5-9-7-21-12-10(13(20)18-14(16)17)2-1-3-11(12)19(8)9;1-5(2,3)4/h1-5H,7H2,(H4,16,17,18,20);1H3,(H,2,3,4). The zero-order chi connectivity index (χ0) is 19.5. The fraction of sp³-hybridized carbons (Fsp3) is 0.133. The molecule has 0 saturated carbocycles. The summed E-state index contributed by atoms with van der Waals surface area (Å²) >= 11 is 0. The first-order valence-corrected chi connectivity index (χ1v) is 8.90. The topological polar surface area (TPSA) is 174 Å². The van der Waals surface area contributed by atoms with Crippen molar-refractivity contribution in [3.8, 4) is 17.5 Å². The molecule has 0 unspecified atom stereocenters. The molecule has 3 rings (SSSR count). The summed E-state index contributed by atoms with van der Waals surface area (Å²) in [7, 11) is -3.67. The second kappa shape index (κ2) is 7.26. The van der Waals surface area contributed by atoms with Gasteiger partial charge in [-0.05, 0) is 24.3 Å². The van der Waals surface area contributed by atoms with Crippen LogP contribution in [0.25, 0.3) is 5.69 Å². The van der Waals surface area contributed by atoms with Crippen LogP contribution < -0.4 is 16.2 Å². The van der Waals surface area contributed by atoms with Crippen LogP contribution in [-0.2, 0) is 16.7 Å². The van der Waals surface area contributed by atoms with Crippen molar-refractivity contribution in [3.63, 3.8) is 0 Å². The Labute approximate surface area is 149 Å². The molecule has 26 heavy (non-hydrogen) atoms. The molecule has 2 heterocycles. The molecule has 5 N–H and O–H groups in total. The summed E-state index contributed by atoms with van der Waals surface area (Å²) < 4.78 is 33.3. The first-order valence-electron chi connectivity index (χ1n) is 7.05. The largest absolute Gasteiger partial charge is 0.484 e. The molecule has 1 amide bonds. The van der Waals surface area contributed by atoms with Crippen molar-refractivity contribution < 1.29 is 22.5 Å². The van der Waals surface area contributed by atoms with E-state index in [-0.39, 0.29) is 18.1 Å². The van der Waals surface area contributed by atoms with Crippen LogP contribution in [0.3, 0.4) is 0 Å². The fourth-order valence-corrected chi connectivity index (χ4v) is 2.31. The lowest BCUT2D eigenvalue weighted by atomic mass is 10.1. The van der Waals surface area contributed by atoms with Gasteiger partial charge in [-0.3, -0.25) is 13.9 Å². The lowest BCUT2D eigenvalue weighted by Crippen LogP contribution is -2.24. The molecule has 0 fully saturated rings. The van der Waals surface area contributed by atoms with Gasteiger partial charge in [0.05, 0.1) is 23.2 Å². The van der Waals surface area contributed by atoms with Crippen LogP contribution in [0.15, 0.2) is 35.3 Å². The van der Waals surface area contributed by atoms with E-state index in [1.807, 2.05) is 6.07 Å². The SMILES string of the molecule is CS(=O)(=O)O.N#Cc1ccc2n1-c1cccc(C(=O)N=C(N)N)c1OC2. The number of hydrogen-bond donors (Lipinski definition) is 3. The maximum Gasteiger partial charge on any atom is 0.284 e. The number of hydrogen-bond acceptors (Lipinski definition) is 5. The lowest BCUT2D eigenvalue weighted by molar-refractivity contribution is 0.0997. The van der Waals surface area contributed by atoms with Gasteiger partial charge < -0.3 is 16.2 Å². The number of aliphatic imine (C=N–C) groups is 1. The lowest BCUT2D eigenvalue weighted by Gasteiger charge is -2.22. The van der Waals surface area contributed by atoms with E-state index in [1.54, 1.807) is 28.8 Å². The molecule has 1 aliphatic rings. The van der Waals surface area contributed by atoms with Crippen molar-refractivity contribution in [2.45, 2.75) is 6.61 Å². The Bertz CT molecular complexity index is 1020. The summed E-state index contributed by atoms with van der Waals surface area (Å²) in [4.78, 5) is 15.6. The van der Waals surface area contributed by atoms with E-state index in [1.165, 1.54) is 0 Å². The zero-order valence-electron chi connectivity index (χ0n) is 13.6. The molecule has 11 heteroatoms. The smallest absolute Gasteiger partial charge is 0.284 e. The van der Waals surface area contributed by atoms with E-state index in [2.05, 4.69) is 11.1 Å². The summed E-state index contributed by atoms with van der Waals surface area (Å²) in [5.41, 5.74) is 12.6. The molecule has 10 nitrogen and oxygen atoms in total. The third-order valence-electron chi connectivity index (χ3n) is 3.14. The van der Waals surface area contributed by atoms with Crippen LogP contribution >= 0.6 is 0 Å². The maximum atomic E-state index is 12.0. The van der Waals surface area contributed by atoms with E-state index in [9.17, 15) is 18.5 Å². The predicted molar refractivity (Wildman–Crippen MR) is 92.4 cm³/mol. The summed E-state index contributed by atoms with van der Waals surface area (Å²) in [6, 6.07) is 10.7. The number of carbonyl (C=O) groups excluding carboxylic acids is 1. The number of amides is 1. The van der Waals surface area contributed by atoms with E-state index >= 15 is 0 Å². The Kier molecular flexibility index (Phi) is 5.30. The van der Waals surface area contributed by atoms with Crippen molar-refractivity contribution in [2.24, 2.45) is 16.5 Å². The summed E-state index contributed by atoms with van der Waals surface area (Å²) in [5.74, 6) is -0.526. The monoisotopic (exact) mass is 377 g/mol. The van der Waals surface area contributed by atoms with E-state index in [0.717, 1.165) is 5.69 Å². The van der Waals surface area contributed by atoms with Gasteiger partial charge in [-0.1, -0.05) is 6.07 Å². The summed E-state index contributed by atoms with van der Waals surface area (Å²) in [5, 5.41) is 9.17. The highest BCUT2D eigenvalue weighted by Gasteiger charge is 2.24. The number of carbonyl (C=O) groups is 1. The van der Waals surface area contributed by atoms with Gasteiger partial charge in [-0.15, -0.1) is 0 Å². The van der Waals surface area contributed by atoms with E-state index in [4.69, 9.17) is 20.8 Å². The molecule has 0 atom stereocenters. The molecule has 0 bridgehead atoms. The van der Waals surface area contributed by atoms with Crippen molar-refractivity contribution >= 4 is 22.0 Å². The number of rotatable bonds is 1. The van der Waals surface area contributed by atoms with E-state index in [0.29, 0.717) is 23.4 Å². The third-order valence-corrected chi connectivity index (χ3v) is 3.14. The minimum Gasteiger partial charge on any atom is -0.484 e.